The van der Waals surface area contributed by atoms with Crippen LogP contribution >= 0.6 is 0 Å². The van der Waals surface area contributed by atoms with E-state index in [1.807, 2.05) is 31.2 Å². The van der Waals surface area contributed by atoms with E-state index >= 15 is 0 Å². The standard InChI is InChI=1S/C17H14N2O4/c1-11-5-4-6-12(9-11)16-19-18-15(23-16)10-22-17(21)13-7-2-3-8-14(13)20/h2-9,20H,10H2,1H3. The number of rotatable bonds is 4. The van der Waals surface area contributed by atoms with Crippen LogP contribution in [0.4, 0.5) is 0 Å². The molecule has 1 aromatic heterocycles. The van der Waals surface area contributed by atoms with Crippen LogP contribution in [0.2, 0.25) is 0 Å². The van der Waals surface area contributed by atoms with E-state index in [4.69, 9.17) is 9.15 Å². The topological polar surface area (TPSA) is 85.5 Å². The smallest absolute Gasteiger partial charge is 0.342 e. The van der Waals surface area contributed by atoms with E-state index in [1.54, 1.807) is 12.1 Å². The second kappa shape index (κ2) is 6.31. The highest BCUT2D eigenvalue weighted by Crippen LogP contribution is 2.20. The minimum absolute atomic E-state index is 0.0888. The molecular formula is C17H14N2O4. The number of aryl methyl sites for hydroxylation is 1. The fourth-order valence-corrected chi connectivity index (χ4v) is 2.06. The molecule has 23 heavy (non-hydrogen) atoms. The van der Waals surface area contributed by atoms with Crippen LogP contribution in [0, 0.1) is 6.92 Å². The van der Waals surface area contributed by atoms with Gasteiger partial charge in [0.1, 0.15) is 11.3 Å². The van der Waals surface area contributed by atoms with Gasteiger partial charge in [-0.3, -0.25) is 0 Å². The minimum Gasteiger partial charge on any atom is -0.507 e. The molecule has 0 amide bonds. The molecule has 6 nitrogen and oxygen atoms in total. The maximum Gasteiger partial charge on any atom is 0.342 e. The number of esters is 1. The molecule has 3 aromatic rings. The molecule has 0 aliphatic heterocycles. The third kappa shape index (κ3) is 3.37. The van der Waals surface area contributed by atoms with Crippen LogP contribution in [-0.4, -0.2) is 21.3 Å². The summed E-state index contributed by atoms with van der Waals surface area (Å²) in [5, 5.41) is 17.4. The minimum atomic E-state index is -0.654. The zero-order valence-corrected chi connectivity index (χ0v) is 12.4. The molecule has 0 saturated heterocycles. The number of nitrogens with zero attached hydrogens (tertiary/aromatic N) is 2. The molecule has 116 valence electrons. The Labute approximate surface area is 132 Å². The summed E-state index contributed by atoms with van der Waals surface area (Å²) in [6, 6.07) is 13.8. The van der Waals surface area contributed by atoms with Crippen molar-refractivity contribution in [2.45, 2.75) is 13.5 Å². The quantitative estimate of drug-likeness (QED) is 0.745. The first-order chi connectivity index (χ1) is 11.1. The monoisotopic (exact) mass is 310 g/mol. The largest absolute Gasteiger partial charge is 0.507 e. The van der Waals surface area contributed by atoms with Gasteiger partial charge in [-0.05, 0) is 31.2 Å². The lowest BCUT2D eigenvalue weighted by Gasteiger charge is -2.03. The lowest BCUT2D eigenvalue weighted by molar-refractivity contribution is 0.0435. The number of ether oxygens (including phenoxy) is 1. The number of aromatic hydroxyl groups is 1. The third-order valence-corrected chi connectivity index (χ3v) is 3.18. The fraction of sp³-hybridized carbons (Fsp3) is 0.118. The Morgan fingerprint density at radius 3 is 2.78 bits per heavy atom. The van der Waals surface area contributed by atoms with Crippen molar-refractivity contribution in [2.75, 3.05) is 0 Å². The molecule has 2 aromatic carbocycles. The van der Waals surface area contributed by atoms with Crippen molar-refractivity contribution < 1.29 is 19.1 Å². The zero-order valence-electron chi connectivity index (χ0n) is 12.4. The van der Waals surface area contributed by atoms with Gasteiger partial charge in [0.05, 0.1) is 0 Å². The van der Waals surface area contributed by atoms with E-state index in [0.29, 0.717) is 5.89 Å². The summed E-state index contributed by atoms with van der Waals surface area (Å²) >= 11 is 0. The lowest BCUT2D eigenvalue weighted by Crippen LogP contribution is -2.05. The average Bonchev–Trinajstić information content (AvgIpc) is 3.02. The summed E-state index contributed by atoms with van der Waals surface area (Å²) in [7, 11) is 0. The van der Waals surface area contributed by atoms with Gasteiger partial charge in [-0.25, -0.2) is 4.79 Å². The van der Waals surface area contributed by atoms with Gasteiger partial charge in [0.15, 0.2) is 6.61 Å². The van der Waals surface area contributed by atoms with Gasteiger partial charge >= 0.3 is 5.97 Å². The average molecular weight is 310 g/mol. The molecule has 0 fully saturated rings. The van der Waals surface area contributed by atoms with Gasteiger partial charge in [-0.1, -0.05) is 29.8 Å². The first-order valence-corrected chi connectivity index (χ1v) is 6.98. The van der Waals surface area contributed by atoms with Crippen LogP contribution < -0.4 is 0 Å². The van der Waals surface area contributed by atoms with Crippen molar-refractivity contribution in [3.63, 3.8) is 0 Å². The second-order valence-corrected chi connectivity index (χ2v) is 4.96. The number of hydrogen-bond acceptors (Lipinski definition) is 6. The van der Waals surface area contributed by atoms with E-state index in [-0.39, 0.29) is 23.8 Å². The van der Waals surface area contributed by atoms with Crippen molar-refractivity contribution in [3.8, 4) is 17.2 Å². The van der Waals surface area contributed by atoms with E-state index in [9.17, 15) is 9.90 Å². The molecule has 3 rings (SSSR count). The maximum absolute atomic E-state index is 11.9. The van der Waals surface area contributed by atoms with Gasteiger partial charge in [0.2, 0.25) is 5.89 Å². The Bertz CT molecular complexity index is 842. The van der Waals surface area contributed by atoms with E-state index < -0.39 is 5.97 Å². The Morgan fingerprint density at radius 1 is 1.17 bits per heavy atom. The highest BCUT2D eigenvalue weighted by Gasteiger charge is 2.14. The number of phenols is 1. The molecule has 0 radical (unpaired) electrons. The summed E-state index contributed by atoms with van der Waals surface area (Å²) in [5.74, 6) is -0.241. The van der Waals surface area contributed by atoms with Crippen LogP contribution in [0.5, 0.6) is 5.75 Å². The second-order valence-electron chi connectivity index (χ2n) is 4.96. The summed E-state index contributed by atoms with van der Waals surface area (Å²) in [5.41, 5.74) is 1.97. The Balaban J connectivity index is 1.68. The predicted molar refractivity (Wildman–Crippen MR) is 81.7 cm³/mol. The number of carbonyl (C=O) groups is 1. The van der Waals surface area contributed by atoms with Crippen molar-refractivity contribution in [2.24, 2.45) is 0 Å². The van der Waals surface area contributed by atoms with Crippen molar-refractivity contribution >= 4 is 5.97 Å². The molecule has 6 heteroatoms. The normalized spacial score (nSPS) is 10.5. The van der Waals surface area contributed by atoms with Crippen molar-refractivity contribution in [1.29, 1.82) is 0 Å². The van der Waals surface area contributed by atoms with Crippen LogP contribution in [0.15, 0.2) is 52.9 Å². The first kappa shape index (κ1) is 14.8. The van der Waals surface area contributed by atoms with Crippen molar-refractivity contribution in [3.05, 3.63) is 65.5 Å². The van der Waals surface area contributed by atoms with Gasteiger partial charge in [-0.2, -0.15) is 0 Å². The summed E-state index contributed by atoms with van der Waals surface area (Å²) < 4.78 is 10.6. The molecule has 0 spiro atoms. The Morgan fingerprint density at radius 2 is 2.00 bits per heavy atom. The lowest BCUT2D eigenvalue weighted by atomic mass is 10.1. The van der Waals surface area contributed by atoms with Crippen LogP contribution in [0.3, 0.4) is 0 Å². The van der Waals surface area contributed by atoms with Gasteiger partial charge in [0, 0.05) is 5.56 Å². The Kier molecular flexibility index (Phi) is 4.05. The summed E-state index contributed by atoms with van der Waals surface area (Å²) in [6.45, 7) is 1.81. The molecule has 0 saturated carbocycles. The third-order valence-electron chi connectivity index (χ3n) is 3.18. The fourth-order valence-electron chi connectivity index (χ4n) is 2.06. The Hall–Kier alpha value is -3.15. The van der Waals surface area contributed by atoms with Crippen molar-refractivity contribution in [1.82, 2.24) is 10.2 Å². The summed E-state index contributed by atoms with van der Waals surface area (Å²) in [6.07, 6.45) is 0. The molecular weight excluding hydrogens is 296 g/mol. The van der Waals surface area contributed by atoms with Crippen LogP contribution in [0.1, 0.15) is 21.8 Å². The molecule has 1 heterocycles. The van der Waals surface area contributed by atoms with Crippen LogP contribution in [-0.2, 0) is 11.3 Å². The number of phenolic OH excluding ortho intramolecular Hbond substituents is 1. The highest BCUT2D eigenvalue weighted by atomic mass is 16.5. The number of benzene rings is 2. The predicted octanol–water partition coefficient (Wildman–Crippen LogP) is 3.11. The van der Waals surface area contributed by atoms with Gasteiger partial charge in [0.25, 0.3) is 5.89 Å². The zero-order chi connectivity index (χ0) is 16.2. The van der Waals surface area contributed by atoms with E-state index in [1.165, 1.54) is 12.1 Å². The molecule has 0 unspecified atom stereocenters. The number of carbonyl (C=O) groups excluding carboxylic acids is 1. The maximum atomic E-state index is 11.9. The molecule has 0 bridgehead atoms. The molecule has 0 aliphatic carbocycles. The number of hydrogen-bond donors (Lipinski definition) is 1. The van der Waals surface area contributed by atoms with Gasteiger partial charge in [-0.15, -0.1) is 10.2 Å². The highest BCUT2D eigenvalue weighted by molar-refractivity contribution is 5.92. The number of aromatic nitrogens is 2. The van der Waals surface area contributed by atoms with E-state index in [2.05, 4.69) is 10.2 Å². The van der Waals surface area contributed by atoms with Gasteiger partial charge < -0.3 is 14.3 Å². The molecule has 1 N–H and O–H groups in total. The van der Waals surface area contributed by atoms with Crippen LogP contribution in [0.25, 0.3) is 11.5 Å². The van der Waals surface area contributed by atoms with E-state index in [0.717, 1.165) is 11.1 Å². The first-order valence-electron chi connectivity index (χ1n) is 6.98. The number of para-hydroxylation sites is 1. The molecule has 0 atom stereocenters. The summed E-state index contributed by atoms with van der Waals surface area (Å²) in [4.78, 5) is 11.9. The molecule has 0 aliphatic rings. The SMILES string of the molecule is Cc1cccc(-c2nnc(COC(=O)c3ccccc3O)o2)c1.